The Balaban J connectivity index is 0.863. The van der Waals surface area contributed by atoms with Crippen LogP contribution in [0.5, 0.6) is 0 Å². The van der Waals surface area contributed by atoms with E-state index in [9.17, 15) is 24.3 Å². The van der Waals surface area contributed by atoms with Crippen molar-refractivity contribution in [2.45, 2.75) is 144 Å². The lowest BCUT2D eigenvalue weighted by atomic mass is 9.32. The molecule has 11 nitrogen and oxygen atoms in total. The molecule has 0 aliphatic heterocycles. The van der Waals surface area contributed by atoms with Crippen molar-refractivity contribution in [1.29, 1.82) is 0 Å². The molecule has 11 unspecified atom stereocenters. The summed E-state index contributed by atoms with van der Waals surface area (Å²) < 4.78 is 4.91. The number of fused-ring (bicyclic) bond motifs is 7. The number of amides is 3. The topological polar surface area (TPSA) is 163 Å². The van der Waals surface area contributed by atoms with E-state index in [2.05, 4.69) is 74.4 Å². The molecule has 0 bridgehead atoms. The SMILES string of the molecule is COC(=O)C(Cc1cnc[nH]1)NC(=O)C1C=CC(CNC(=O)c2cccc(CCNC(=O)C34CCC(C(C)C)C3C3CCC5C6(C)CCC(O)C(C)(C)C6CCC5(C)[C@]3(C)CC4)c2)=CC1. The molecule has 2 aromatic rings. The van der Waals surface area contributed by atoms with Crippen LogP contribution >= 0.6 is 0 Å². The van der Waals surface area contributed by atoms with Crippen LogP contribution in [-0.2, 0) is 32.0 Å². The van der Waals surface area contributed by atoms with Crippen LogP contribution in [0.25, 0.3) is 0 Å². The Hall–Kier alpha value is -4.25. The zero-order chi connectivity index (χ0) is 46.5. The lowest BCUT2D eigenvalue weighted by Crippen LogP contribution is -2.67. The summed E-state index contributed by atoms with van der Waals surface area (Å²) in [5.41, 5.74) is 3.42. The Morgan fingerprint density at radius 2 is 1.72 bits per heavy atom. The summed E-state index contributed by atoms with van der Waals surface area (Å²) in [5, 5.41) is 20.5. The lowest BCUT2D eigenvalue weighted by Gasteiger charge is -2.73. The van der Waals surface area contributed by atoms with Gasteiger partial charge < -0.3 is 30.8 Å². The quantitative estimate of drug-likeness (QED) is 0.126. The molecule has 354 valence electrons. The van der Waals surface area contributed by atoms with E-state index < -0.39 is 17.9 Å². The van der Waals surface area contributed by atoms with Gasteiger partial charge in [0.05, 0.1) is 30.9 Å². The first-order valence-electron chi connectivity index (χ1n) is 24.9. The Bertz CT molecular complexity index is 2160. The molecule has 0 radical (unpaired) electrons. The van der Waals surface area contributed by atoms with Crippen LogP contribution in [0.2, 0.25) is 0 Å². The van der Waals surface area contributed by atoms with Gasteiger partial charge in [0.15, 0.2) is 0 Å². The number of hydrogen-bond acceptors (Lipinski definition) is 7. The number of allylic oxidation sites excluding steroid dienone is 1. The third-order valence-corrected chi connectivity index (χ3v) is 19.4. The van der Waals surface area contributed by atoms with Gasteiger partial charge in [-0.2, -0.15) is 0 Å². The van der Waals surface area contributed by atoms with Crippen molar-refractivity contribution in [2.24, 2.45) is 68.5 Å². The van der Waals surface area contributed by atoms with Gasteiger partial charge in [0.2, 0.25) is 11.8 Å². The van der Waals surface area contributed by atoms with Gasteiger partial charge in [-0.1, -0.05) is 78.8 Å². The molecule has 11 heteroatoms. The normalized spacial score (nSPS) is 36.2. The summed E-state index contributed by atoms with van der Waals surface area (Å²) in [6.45, 7) is 18.2. The lowest BCUT2D eigenvalue weighted by molar-refractivity contribution is -0.248. The van der Waals surface area contributed by atoms with Crippen molar-refractivity contribution in [1.82, 2.24) is 25.9 Å². The third-order valence-electron chi connectivity index (χ3n) is 19.4. The van der Waals surface area contributed by atoms with Gasteiger partial charge in [-0.15, -0.1) is 0 Å². The van der Waals surface area contributed by atoms with Crippen LogP contribution < -0.4 is 16.0 Å². The number of carbonyl (C=O) groups is 4. The minimum Gasteiger partial charge on any atom is -0.467 e. The fourth-order valence-electron chi connectivity index (χ4n) is 15.6. The average molecular weight is 892 g/mol. The number of methoxy groups -OCH3 is 1. The van der Waals surface area contributed by atoms with Crippen molar-refractivity contribution >= 4 is 23.7 Å². The molecule has 12 atom stereocenters. The van der Waals surface area contributed by atoms with Gasteiger partial charge in [-0.25, -0.2) is 9.78 Å². The predicted molar refractivity (Wildman–Crippen MR) is 252 cm³/mol. The molecule has 0 saturated heterocycles. The van der Waals surface area contributed by atoms with E-state index in [-0.39, 0.29) is 57.3 Å². The highest BCUT2D eigenvalue weighted by atomic mass is 16.5. The van der Waals surface area contributed by atoms with E-state index in [0.29, 0.717) is 72.7 Å². The van der Waals surface area contributed by atoms with Crippen LogP contribution in [0.1, 0.15) is 141 Å². The molecule has 5 saturated carbocycles. The summed E-state index contributed by atoms with van der Waals surface area (Å²) in [6.07, 6.45) is 20.9. The van der Waals surface area contributed by atoms with E-state index in [1.54, 1.807) is 12.3 Å². The summed E-state index contributed by atoms with van der Waals surface area (Å²) in [7, 11) is 1.30. The number of aromatic nitrogens is 2. The number of esters is 1. The Morgan fingerprint density at radius 1 is 0.923 bits per heavy atom. The summed E-state index contributed by atoms with van der Waals surface area (Å²) in [5.74, 6) is 1.98. The number of benzene rings is 1. The third kappa shape index (κ3) is 8.32. The molecule has 6 aliphatic carbocycles. The number of hydrogen-bond donors (Lipinski definition) is 5. The fourth-order valence-corrected chi connectivity index (χ4v) is 15.6. The predicted octanol–water partition coefficient (Wildman–Crippen LogP) is 8.30. The molecular formula is C54H77N5O6. The Morgan fingerprint density at radius 3 is 2.43 bits per heavy atom. The Labute approximate surface area is 387 Å². The van der Waals surface area contributed by atoms with Crippen molar-refractivity contribution in [2.75, 3.05) is 20.2 Å². The molecule has 1 aromatic carbocycles. The van der Waals surface area contributed by atoms with E-state index in [0.717, 1.165) is 49.7 Å². The smallest absolute Gasteiger partial charge is 0.328 e. The molecule has 3 amide bonds. The van der Waals surface area contributed by atoms with E-state index >= 15 is 0 Å². The van der Waals surface area contributed by atoms with Gasteiger partial charge in [-0.3, -0.25) is 14.4 Å². The first kappa shape index (κ1) is 47.3. The molecule has 5 fully saturated rings. The van der Waals surface area contributed by atoms with E-state index in [1.807, 2.05) is 36.4 Å². The summed E-state index contributed by atoms with van der Waals surface area (Å²) >= 11 is 0. The van der Waals surface area contributed by atoms with Crippen LogP contribution in [0, 0.1) is 68.5 Å². The monoisotopic (exact) mass is 892 g/mol. The second kappa shape index (κ2) is 18.1. The maximum Gasteiger partial charge on any atom is 0.328 e. The van der Waals surface area contributed by atoms with Gasteiger partial charge in [-0.05, 0) is 157 Å². The molecule has 0 spiro atoms. The first-order valence-corrected chi connectivity index (χ1v) is 24.9. The molecule has 6 aliphatic rings. The molecule has 5 N–H and O–H groups in total. The maximum absolute atomic E-state index is 14.8. The molecule has 1 heterocycles. The van der Waals surface area contributed by atoms with Gasteiger partial charge in [0.1, 0.15) is 6.04 Å². The van der Waals surface area contributed by atoms with Crippen LogP contribution in [0.3, 0.4) is 0 Å². The minimum atomic E-state index is -0.839. The second-order valence-electron chi connectivity index (χ2n) is 22.9. The maximum atomic E-state index is 14.8. The van der Waals surface area contributed by atoms with Crippen molar-refractivity contribution in [3.05, 3.63) is 77.4 Å². The number of imidazole rings is 1. The first-order chi connectivity index (χ1) is 30.9. The largest absolute Gasteiger partial charge is 0.467 e. The zero-order valence-electron chi connectivity index (χ0n) is 40.4. The highest BCUT2D eigenvalue weighted by molar-refractivity contribution is 5.94. The van der Waals surface area contributed by atoms with Gasteiger partial charge >= 0.3 is 5.97 Å². The molecule has 1 aromatic heterocycles. The highest BCUT2D eigenvalue weighted by Crippen LogP contribution is 2.77. The fraction of sp³-hybridized carbons (Fsp3) is 0.685. The molecular weight excluding hydrogens is 815 g/mol. The number of aliphatic hydroxyl groups excluding tert-OH is 1. The zero-order valence-corrected chi connectivity index (χ0v) is 40.4. The standard InChI is InChI=1S/C54H77N5O6/c1-33(2)39-18-24-54(26-25-52(6)40(45(39)54)16-17-43-51(5)22-20-44(60)50(3,4)42(51)19-23-53(43,52)7)49(64)56-27-21-34-10-9-11-37(28-34)46(61)57-30-35-12-14-36(15-13-35)47(62)59-41(48(63)65-8)29-38-31-55-32-58-38/h9-14,28,31-33,36,39-45,60H,15-27,29-30H2,1-8H3,(H,55,58)(H,56,64)(H,57,61)(H,59,62)/t36?,39?,40?,41?,42?,43?,44?,45?,51?,52-,53?,54?/m1/s1. The number of H-pyrrole nitrogens is 1. The number of rotatable bonds is 13. The number of ether oxygens (including phenoxy) is 1. The number of carbonyl (C=O) groups excluding carboxylic acids is 4. The van der Waals surface area contributed by atoms with Crippen molar-refractivity contribution in [3.8, 4) is 0 Å². The van der Waals surface area contributed by atoms with E-state index in [1.165, 1.54) is 39.1 Å². The number of aliphatic hydroxyl groups is 1. The van der Waals surface area contributed by atoms with Crippen LogP contribution in [0.15, 0.2) is 60.6 Å². The second-order valence-corrected chi connectivity index (χ2v) is 22.9. The highest BCUT2D eigenvalue weighted by Gasteiger charge is 2.72. The molecule has 8 rings (SSSR count). The van der Waals surface area contributed by atoms with Gasteiger partial charge in [0, 0.05) is 37.0 Å². The number of nitrogens with one attached hydrogen (secondary N) is 4. The van der Waals surface area contributed by atoms with Crippen LogP contribution in [-0.4, -0.2) is 71.1 Å². The Kier molecular flexibility index (Phi) is 13.2. The van der Waals surface area contributed by atoms with Crippen molar-refractivity contribution in [3.63, 3.8) is 0 Å². The minimum absolute atomic E-state index is 0.0590. The summed E-state index contributed by atoms with van der Waals surface area (Å²) in [6, 6.07) is 6.84. The van der Waals surface area contributed by atoms with Crippen molar-refractivity contribution < 1.29 is 29.0 Å². The number of nitrogens with zero attached hydrogens (tertiary/aromatic N) is 1. The average Bonchev–Trinajstić information content (AvgIpc) is 3.96. The van der Waals surface area contributed by atoms with Crippen LogP contribution in [0.4, 0.5) is 0 Å². The van der Waals surface area contributed by atoms with E-state index in [4.69, 9.17) is 4.74 Å². The van der Waals surface area contributed by atoms with Gasteiger partial charge in [0.25, 0.3) is 5.91 Å². The number of aromatic amines is 1. The molecule has 65 heavy (non-hydrogen) atoms. The summed E-state index contributed by atoms with van der Waals surface area (Å²) in [4.78, 5) is 60.6.